The van der Waals surface area contributed by atoms with Gasteiger partial charge in [0.25, 0.3) is 11.6 Å². The van der Waals surface area contributed by atoms with Crippen LogP contribution < -0.4 is 10.0 Å². The molecule has 7 nitrogen and oxygen atoms in total. The van der Waals surface area contributed by atoms with Crippen LogP contribution >= 0.6 is 0 Å². The van der Waals surface area contributed by atoms with E-state index in [0.29, 0.717) is 5.56 Å². The van der Waals surface area contributed by atoms with Gasteiger partial charge in [-0.1, -0.05) is 17.7 Å². The van der Waals surface area contributed by atoms with Gasteiger partial charge in [-0.25, -0.2) is 13.2 Å². The van der Waals surface area contributed by atoms with Crippen LogP contribution in [0.5, 0.6) is 0 Å². The lowest BCUT2D eigenvalue weighted by molar-refractivity contribution is -0.197. The van der Waals surface area contributed by atoms with Crippen molar-refractivity contribution in [3.8, 4) is 0 Å². The summed E-state index contributed by atoms with van der Waals surface area (Å²) in [4.78, 5) is 22.9. The van der Waals surface area contributed by atoms with Crippen molar-refractivity contribution in [3.63, 3.8) is 0 Å². The molecule has 1 atom stereocenters. The summed E-state index contributed by atoms with van der Waals surface area (Å²) in [5, 5.41) is 1.37. The molecule has 126 valence electrons. The van der Waals surface area contributed by atoms with Crippen molar-refractivity contribution in [2.24, 2.45) is 0 Å². The molecule has 2 N–H and O–H groups in total. The van der Waals surface area contributed by atoms with E-state index in [1.165, 1.54) is 22.2 Å². The summed E-state index contributed by atoms with van der Waals surface area (Å²) in [5.74, 6) is -1.76. The van der Waals surface area contributed by atoms with Gasteiger partial charge in [-0.05, 0) is 19.1 Å². The number of imide groups is 1. The average Bonchev–Trinajstić information content (AvgIpc) is 2.63. The molecule has 11 heteroatoms. The minimum absolute atomic E-state index is 0.158. The summed E-state index contributed by atoms with van der Waals surface area (Å²) in [6.07, 6.45) is -5.37. The molecule has 1 heterocycles. The predicted octanol–water partition coefficient (Wildman–Crippen LogP) is 0.714. The van der Waals surface area contributed by atoms with Crippen molar-refractivity contribution in [1.82, 2.24) is 14.9 Å². The summed E-state index contributed by atoms with van der Waals surface area (Å²) in [5.41, 5.74) is -3.04. The third-order valence-corrected chi connectivity index (χ3v) is 4.74. The van der Waals surface area contributed by atoms with Crippen molar-refractivity contribution in [2.75, 3.05) is 7.05 Å². The van der Waals surface area contributed by atoms with Crippen LogP contribution in [0.3, 0.4) is 0 Å². The van der Waals surface area contributed by atoms with Crippen LogP contribution in [0.4, 0.5) is 18.0 Å². The van der Waals surface area contributed by atoms with Gasteiger partial charge < -0.3 is 5.32 Å². The Bertz CT molecular complexity index is 761. The molecule has 1 fully saturated rings. The van der Waals surface area contributed by atoms with E-state index in [2.05, 4.69) is 0 Å². The SMILES string of the molecule is Cc1ccc(S(=O)(=O)N[C@@]2(C(F)(F)F)NC(=O)N(C)C2=O)cc1. The Morgan fingerprint density at radius 1 is 1.17 bits per heavy atom. The number of nitrogens with zero attached hydrogens (tertiary/aromatic N) is 1. The maximum atomic E-state index is 13.3. The molecular weight excluding hydrogens is 339 g/mol. The normalized spacial score (nSPS) is 22.4. The zero-order chi connectivity index (χ0) is 17.6. The highest BCUT2D eigenvalue weighted by Gasteiger charge is 2.68. The minimum Gasteiger partial charge on any atom is -0.303 e. The fraction of sp³-hybridized carbons (Fsp3) is 0.333. The van der Waals surface area contributed by atoms with E-state index in [-0.39, 0.29) is 4.90 Å². The van der Waals surface area contributed by atoms with Crippen LogP contribution in [0.15, 0.2) is 29.2 Å². The zero-order valence-corrected chi connectivity index (χ0v) is 12.7. The van der Waals surface area contributed by atoms with Gasteiger partial charge in [0, 0.05) is 7.05 Å². The standard InChI is InChI=1S/C12H12F3N3O4S/c1-7-3-5-8(6-4-7)23(21,22)17-11(12(13,14)15)9(19)18(2)10(20)16-11/h3-6,17H,1-2H3,(H,16,20)/t11-/m0/s1. The number of alkyl halides is 3. The van der Waals surface area contributed by atoms with E-state index in [1.807, 2.05) is 0 Å². The molecule has 23 heavy (non-hydrogen) atoms. The largest absolute Gasteiger partial charge is 0.435 e. The van der Waals surface area contributed by atoms with E-state index < -0.39 is 38.7 Å². The number of hydrogen-bond acceptors (Lipinski definition) is 4. The molecule has 2 rings (SSSR count). The zero-order valence-electron chi connectivity index (χ0n) is 11.9. The van der Waals surface area contributed by atoms with Crippen LogP contribution in [0.25, 0.3) is 0 Å². The number of halogens is 3. The van der Waals surface area contributed by atoms with Gasteiger partial charge in [0.2, 0.25) is 10.0 Å². The smallest absolute Gasteiger partial charge is 0.303 e. The van der Waals surface area contributed by atoms with Crippen LogP contribution in [0, 0.1) is 6.92 Å². The second-order valence-corrected chi connectivity index (χ2v) is 6.64. The maximum absolute atomic E-state index is 13.3. The summed E-state index contributed by atoms with van der Waals surface area (Å²) in [7, 11) is -3.90. The van der Waals surface area contributed by atoms with Crippen molar-refractivity contribution >= 4 is 22.0 Å². The van der Waals surface area contributed by atoms with Crippen LogP contribution in [0.2, 0.25) is 0 Å². The lowest BCUT2D eigenvalue weighted by atomic mass is 10.2. The molecule has 0 spiro atoms. The number of nitrogens with one attached hydrogen (secondary N) is 2. The Morgan fingerprint density at radius 2 is 1.70 bits per heavy atom. The van der Waals surface area contributed by atoms with E-state index in [1.54, 1.807) is 6.92 Å². The first-order chi connectivity index (χ1) is 10.4. The molecule has 0 aliphatic carbocycles. The minimum atomic E-state index is -5.37. The Hall–Kier alpha value is -2.14. The highest BCUT2D eigenvalue weighted by molar-refractivity contribution is 7.89. The number of hydrogen-bond donors (Lipinski definition) is 2. The van der Waals surface area contributed by atoms with E-state index in [0.717, 1.165) is 19.2 Å². The van der Waals surface area contributed by atoms with Crippen molar-refractivity contribution < 1.29 is 31.2 Å². The van der Waals surface area contributed by atoms with E-state index in [9.17, 15) is 31.2 Å². The number of carbonyl (C=O) groups is 2. The molecule has 0 saturated carbocycles. The molecule has 1 aromatic carbocycles. The molecule has 1 aliphatic heterocycles. The maximum Gasteiger partial charge on any atom is 0.435 e. The molecular formula is C12H12F3N3O4S. The third-order valence-electron chi connectivity index (χ3n) is 3.27. The molecule has 1 aliphatic rings. The first-order valence-corrected chi connectivity index (χ1v) is 7.67. The summed E-state index contributed by atoms with van der Waals surface area (Å²) >= 11 is 0. The number of sulfonamides is 1. The van der Waals surface area contributed by atoms with Gasteiger partial charge in [0.05, 0.1) is 4.90 Å². The Kier molecular flexibility index (Phi) is 3.89. The quantitative estimate of drug-likeness (QED) is 0.784. The van der Waals surface area contributed by atoms with Crippen molar-refractivity contribution in [3.05, 3.63) is 29.8 Å². The fourth-order valence-electron chi connectivity index (χ4n) is 1.94. The molecule has 1 aromatic rings. The number of likely N-dealkylation sites (N-methyl/N-ethyl adjacent to an activating group) is 1. The number of rotatable bonds is 3. The fourth-order valence-corrected chi connectivity index (χ4v) is 3.21. The van der Waals surface area contributed by atoms with Gasteiger partial charge in [-0.15, -0.1) is 0 Å². The van der Waals surface area contributed by atoms with Gasteiger partial charge in [-0.2, -0.15) is 17.9 Å². The topological polar surface area (TPSA) is 95.6 Å². The van der Waals surface area contributed by atoms with Crippen LogP contribution in [-0.2, 0) is 14.8 Å². The highest BCUT2D eigenvalue weighted by Crippen LogP contribution is 2.34. The molecule has 1 saturated heterocycles. The number of benzene rings is 1. The lowest BCUT2D eigenvalue weighted by Gasteiger charge is -2.29. The van der Waals surface area contributed by atoms with Crippen molar-refractivity contribution in [2.45, 2.75) is 23.7 Å². The average molecular weight is 351 g/mol. The van der Waals surface area contributed by atoms with E-state index >= 15 is 0 Å². The first-order valence-electron chi connectivity index (χ1n) is 6.18. The first kappa shape index (κ1) is 17.2. The summed E-state index contributed by atoms with van der Waals surface area (Å²) in [6, 6.07) is 3.59. The Balaban J connectivity index is 2.50. The second kappa shape index (κ2) is 5.20. The van der Waals surface area contributed by atoms with Gasteiger partial charge in [-0.3, -0.25) is 9.69 Å². The highest BCUT2D eigenvalue weighted by atomic mass is 32.2. The number of urea groups is 1. The van der Waals surface area contributed by atoms with Gasteiger partial charge in [0.15, 0.2) is 0 Å². The lowest BCUT2D eigenvalue weighted by Crippen LogP contribution is -2.69. The van der Waals surface area contributed by atoms with Crippen LogP contribution in [-0.4, -0.2) is 44.1 Å². The molecule has 0 bridgehead atoms. The molecule has 0 radical (unpaired) electrons. The Labute approximate surface area is 129 Å². The van der Waals surface area contributed by atoms with Crippen LogP contribution in [0.1, 0.15) is 5.56 Å². The number of amides is 3. The summed E-state index contributed by atoms with van der Waals surface area (Å²) in [6.45, 7) is 1.66. The Morgan fingerprint density at radius 3 is 2.09 bits per heavy atom. The third kappa shape index (κ3) is 2.77. The predicted molar refractivity (Wildman–Crippen MR) is 71.6 cm³/mol. The van der Waals surface area contributed by atoms with E-state index in [4.69, 9.17) is 0 Å². The second-order valence-electron chi connectivity index (χ2n) is 4.96. The molecule has 3 amide bonds. The number of carbonyl (C=O) groups excluding carboxylic acids is 2. The summed E-state index contributed by atoms with van der Waals surface area (Å²) < 4.78 is 65.6. The van der Waals surface area contributed by atoms with Gasteiger partial charge in [0.1, 0.15) is 0 Å². The van der Waals surface area contributed by atoms with Crippen molar-refractivity contribution in [1.29, 1.82) is 0 Å². The monoisotopic (exact) mass is 351 g/mol. The molecule has 0 unspecified atom stereocenters. The number of aryl methyl sites for hydroxylation is 1. The van der Waals surface area contributed by atoms with Gasteiger partial charge >= 0.3 is 12.2 Å². The molecule has 0 aromatic heterocycles.